The molecule has 1 amide bonds. The van der Waals surface area contributed by atoms with E-state index in [-0.39, 0.29) is 24.7 Å². The van der Waals surface area contributed by atoms with Gasteiger partial charge in [-0.25, -0.2) is 0 Å². The molecule has 130 valence electrons. The number of carbonyl (C=O) groups is 2. The fraction of sp³-hybridized carbons (Fsp3) is 0.444. The summed E-state index contributed by atoms with van der Waals surface area (Å²) in [6.07, 6.45) is 1.86. The Hall–Kier alpha value is -2.50. The molecule has 0 saturated heterocycles. The Bertz CT molecular complexity index is 751. The van der Waals surface area contributed by atoms with Crippen molar-refractivity contribution in [3.05, 3.63) is 30.0 Å². The van der Waals surface area contributed by atoms with E-state index in [9.17, 15) is 9.59 Å². The number of benzene rings is 1. The number of hydrogen-bond acceptors (Lipinski definition) is 3. The molecule has 0 bridgehead atoms. The molecule has 1 heterocycles. The second-order valence-corrected chi connectivity index (χ2v) is 6.59. The Morgan fingerprint density at radius 3 is 2.67 bits per heavy atom. The molecule has 1 atom stereocenters. The lowest BCUT2D eigenvalue weighted by atomic mass is 9.85. The molecule has 1 unspecified atom stereocenters. The number of methoxy groups -OCH3 is 1. The van der Waals surface area contributed by atoms with E-state index in [0.29, 0.717) is 0 Å². The topological polar surface area (TPSA) is 91.4 Å². The second-order valence-electron chi connectivity index (χ2n) is 6.59. The molecule has 0 aliphatic heterocycles. The molecule has 0 aliphatic carbocycles. The maximum atomic E-state index is 12.5. The van der Waals surface area contributed by atoms with E-state index in [4.69, 9.17) is 9.84 Å². The van der Waals surface area contributed by atoms with E-state index in [0.717, 1.165) is 22.2 Å². The third-order valence-electron chi connectivity index (χ3n) is 4.54. The Morgan fingerprint density at radius 2 is 2.08 bits per heavy atom. The summed E-state index contributed by atoms with van der Waals surface area (Å²) in [5, 5.41) is 12.9. The number of carboxylic acids is 1. The van der Waals surface area contributed by atoms with E-state index in [2.05, 4.69) is 10.3 Å². The van der Waals surface area contributed by atoms with Crippen LogP contribution in [0.5, 0.6) is 5.75 Å². The number of ether oxygens (including phenoxy) is 1. The van der Waals surface area contributed by atoms with Gasteiger partial charge in [0.1, 0.15) is 5.75 Å². The molecule has 3 N–H and O–H groups in total. The molecule has 0 saturated carbocycles. The Morgan fingerprint density at radius 1 is 1.38 bits per heavy atom. The van der Waals surface area contributed by atoms with Gasteiger partial charge in [-0.15, -0.1) is 0 Å². The highest BCUT2D eigenvalue weighted by Gasteiger charge is 2.32. The predicted octanol–water partition coefficient (Wildman–Crippen LogP) is 2.72. The third-order valence-corrected chi connectivity index (χ3v) is 4.54. The fourth-order valence-corrected chi connectivity index (χ4v) is 2.67. The number of fused-ring (bicyclic) bond motifs is 1. The number of aliphatic carboxylic acids is 1. The molecular formula is C18H24N2O4. The Kier molecular flexibility index (Phi) is 5.17. The van der Waals surface area contributed by atoms with Crippen molar-refractivity contribution in [2.75, 3.05) is 7.11 Å². The van der Waals surface area contributed by atoms with Crippen LogP contribution in [0.3, 0.4) is 0 Å². The summed E-state index contributed by atoms with van der Waals surface area (Å²) in [7, 11) is 1.60. The SMILES string of the molecule is COc1ccc2[nH]cc(CC(=O)NC(C)(CC(=O)O)C(C)C)c2c1. The summed E-state index contributed by atoms with van der Waals surface area (Å²) < 4.78 is 5.23. The summed E-state index contributed by atoms with van der Waals surface area (Å²) >= 11 is 0. The number of aromatic nitrogens is 1. The van der Waals surface area contributed by atoms with Crippen LogP contribution in [0, 0.1) is 5.92 Å². The number of aromatic amines is 1. The maximum Gasteiger partial charge on any atom is 0.305 e. The first-order valence-electron chi connectivity index (χ1n) is 7.92. The van der Waals surface area contributed by atoms with Gasteiger partial charge in [-0.05, 0) is 36.6 Å². The van der Waals surface area contributed by atoms with Gasteiger partial charge in [0.15, 0.2) is 0 Å². The molecule has 2 aromatic rings. The van der Waals surface area contributed by atoms with Gasteiger partial charge in [0, 0.05) is 22.6 Å². The van der Waals surface area contributed by atoms with Crippen molar-refractivity contribution in [2.24, 2.45) is 5.92 Å². The largest absolute Gasteiger partial charge is 0.497 e. The quantitative estimate of drug-likeness (QED) is 0.727. The van der Waals surface area contributed by atoms with Crippen LogP contribution in [-0.2, 0) is 16.0 Å². The van der Waals surface area contributed by atoms with Crippen LogP contribution in [0.25, 0.3) is 10.9 Å². The molecule has 1 aromatic heterocycles. The highest BCUT2D eigenvalue weighted by Crippen LogP contribution is 2.25. The fourth-order valence-electron chi connectivity index (χ4n) is 2.67. The summed E-state index contributed by atoms with van der Waals surface area (Å²) in [4.78, 5) is 26.7. The van der Waals surface area contributed by atoms with E-state index < -0.39 is 11.5 Å². The third kappa shape index (κ3) is 3.88. The standard InChI is InChI=1S/C18H24N2O4/c1-11(2)18(3,9-17(22)23)20-16(21)7-12-10-19-15-6-5-13(24-4)8-14(12)15/h5-6,8,10-11,19H,7,9H2,1-4H3,(H,20,21)(H,22,23). The first-order chi connectivity index (χ1) is 11.2. The second kappa shape index (κ2) is 6.95. The summed E-state index contributed by atoms with van der Waals surface area (Å²) in [6, 6.07) is 5.64. The van der Waals surface area contributed by atoms with E-state index in [1.807, 2.05) is 32.0 Å². The van der Waals surface area contributed by atoms with Gasteiger partial charge >= 0.3 is 5.97 Å². The van der Waals surface area contributed by atoms with Gasteiger partial charge in [0.25, 0.3) is 0 Å². The minimum Gasteiger partial charge on any atom is -0.497 e. The number of H-pyrrole nitrogens is 1. The van der Waals surface area contributed by atoms with Crippen LogP contribution >= 0.6 is 0 Å². The predicted molar refractivity (Wildman–Crippen MR) is 92.2 cm³/mol. The van der Waals surface area contributed by atoms with Crippen LogP contribution < -0.4 is 10.1 Å². The van der Waals surface area contributed by atoms with Gasteiger partial charge in [-0.1, -0.05) is 13.8 Å². The lowest BCUT2D eigenvalue weighted by molar-refractivity contribution is -0.139. The van der Waals surface area contributed by atoms with Crippen molar-refractivity contribution in [3.63, 3.8) is 0 Å². The summed E-state index contributed by atoms with van der Waals surface area (Å²) in [5.74, 6) is -0.401. The zero-order chi connectivity index (χ0) is 17.9. The lowest BCUT2D eigenvalue weighted by Gasteiger charge is -2.33. The molecule has 24 heavy (non-hydrogen) atoms. The molecule has 0 spiro atoms. The molecule has 0 fully saturated rings. The molecule has 1 aromatic carbocycles. The van der Waals surface area contributed by atoms with Crippen molar-refractivity contribution in [1.82, 2.24) is 10.3 Å². The van der Waals surface area contributed by atoms with Crippen LogP contribution in [0.2, 0.25) is 0 Å². The first-order valence-corrected chi connectivity index (χ1v) is 7.92. The van der Waals surface area contributed by atoms with Crippen LogP contribution in [0.15, 0.2) is 24.4 Å². The summed E-state index contributed by atoms with van der Waals surface area (Å²) in [5.41, 5.74) is 0.991. The van der Waals surface area contributed by atoms with Crippen LogP contribution in [-0.4, -0.2) is 34.6 Å². The number of hydrogen-bond donors (Lipinski definition) is 3. The number of carbonyl (C=O) groups excluding carboxylic acids is 1. The number of amides is 1. The van der Waals surface area contributed by atoms with Crippen molar-refractivity contribution in [2.45, 2.75) is 39.2 Å². The van der Waals surface area contributed by atoms with Crippen molar-refractivity contribution in [3.8, 4) is 5.75 Å². The zero-order valence-electron chi connectivity index (χ0n) is 14.5. The molecule has 6 heteroatoms. The van der Waals surface area contributed by atoms with Gasteiger partial charge < -0.3 is 20.1 Å². The van der Waals surface area contributed by atoms with Crippen LogP contribution in [0.4, 0.5) is 0 Å². The van der Waals surface area contributed by atoms with Gasteiger partial charge in [0.05, 0.1) is 20.0 Å². The van der Waals surface area contributed by atoms with E-state index in [1.165, 1.54) is 0 Å². The monoisotopic (exact) mass is 332 g/mol. The highest BCUT2D eigenvalue weighted by atomic mass is 16.5. The van der Waals surface area contributed by atoms with Gasteiger partial charge in [-0.3, -0.25) is 9.59 Å². The molecular weight excluding hydrogens is 308 g/mol. The van der Waals surface area contributed by atoms with Crippen molar-refractivity contribution >= 4 is 22.8 Å². The van der Waals surface area contributed by atoms with Gasteiger partial charge in [0.2, 0.25) is 5.91 Å². The Labute approximate surface area is 141 Å². The minimum atomic E-state index is -0.927. The van der Waals surface area contributed by atoms with E-state index >= 15 is 0 Å². The highest BCUT2D eigenvalue weighted by molar-refractivity contribution is 5.90. The average Bonchev–Trinajstić information content (AvgIpc) is 2.88. The molecule has 0 aliphatic rings. The van der Waals surface area contributed by atoms with Gasteiger partial charge in [-0.2, -0.15) is 0 Å². The Balaban J connectivity index is 2.18. The molecule has 0 radical (unpaired) electrons. The first kappa shape index (κ1) is 17.8. The van der Waals surface area contributed by atoms with E-state index in [1.54, 1.807) is 20.2 Å². The number of carboxylic acid groups (broad SMARTS) is 1. The van der Waals surface area contributed by atoms with Crippen molar-refractivity contribution < 1.29 is 19.4 Å². The lowest BCUT2D eigenvalue weighted by Crippen LogP contribution is -2.51. The molecule has 2 rings (SSSR count). The van der Waals surface area contributed by atoms with Crippen LogP contribution in [0.1, 0.15) is 32.8 Å². The molecule has 6 nitrogen and oxygen atoms in total. The number of rotatable bonds is 7. The van der Waals surface area contributed by atoms with Crippen molar-refractivity contribution in [1.29, 1.82) is 0 Å². The summed E-state index contributed by atoms with van der Waals surface area (Å²) in [6.45, 7) is 5.57. The minimum absolute atomic E-state index is 0.000568. The number of nitrogens with one attached hydrogen (secondary N) is 2. The smallest absolute Gasteiger partial charge is 0.305 e. The maximum absolute atomic E-state index is 12.5. The average molecular weight is 332 g/mol. The normalized spacial score (nSPS) is 13.7. The zero-order valence-corrected chi connectivity index (χ0v) is 14.5.